The molecule has 0 atom stereocenters. The summed E-state index contributed by atoms with van der Waals surface area (Å²) in [5, 5.41) is 0. The molecule has 8 heteroatoms. The number of Topliss-reactive ketones (excluding diaryl/α,β-unsaturated/α-hetero) is 2. The van der Waals surface area contributed by atoms with Crippen LogP contribution in [0, 0.1) is 0 Å². The highest BCUT2D eigenvalue weighted by Gasteiger charge is 2.20. The topological polar surface area (TPSA) is 77.5 Å². The average Bonchev–Trinajstić information content (AvgIpc) is 1.27. The number of benzene rings is 8. The van der Waals surface area contributed by atoms with E-state index in [-0.39, 0.29) is 0 Å². The van der Waals surface area contributed by atoms with E-state index in [0.717, 1.165) is 105 Å². The van der Waals surface area contributed by atoms with Crippen LogP contribution in [0.1, 0.15) is 203 Å². The van der Waals surface area contributed by atoms with Crippen molar-refractivity contribution in [2.45, 2.75) is 182 Å². The first-order chi connectivity index (χ1) is 44.3. The Morgan fingerprint density at radius 3 is 0.622 bits per heavy atom. The zero-order valence-electron chi connectivity index (χ0n) is 54.6. The molecule has 0 heterocycles. The van der Waals surface area contributed by atoms with Gasteiger partial charge in [-0.05, 0) is 169 Å². The second-order valence-corrected chi connectivity index (χ2v) is 24.0. The standard InChI is InChI=1S/C82H100N2O6/c1-5-9-13-17-21-25-61-87-77-53-45-73(46-54-77)83(74-47-55-78(56-48-74)88-62-26-22-18-14-10-6-2)71-41-37-67(38-42-71)65-29-33-69(34-30-65)81(85)82(86)70-35-31-66(32-36-70)68-39-43-72(44-40-68)84(75-49-57-79(58-50-75)89-63-27-23-19-15-11-7-3)76-51-59-80(60-52-76)90-64-28-24-20-16-12-8-4/h29-60H,5-28,61-64H2,1-4H3. The highest BCUT2D eigenvalue weighted by molar-refractivity contribution is 6.49. The summed E-state index contributed by atoms with van der Waals surface area (Å²) < 4.78 is 24.7. The molecular weight excluding hydrogens is 1110 g/mol. The fourth-order valence-electron chi connectivity index (χ4n) is 11.4. The van der Waals surface area contributed by atoms with Crippen molar-refractivity contribution in [2.75, 3.05) is 36.2 Å². The maximum Gasteiger partial charge on any atom is 0.233 e. The third kappa shape index (κ3) is 21.6. The number of ketones is 2. The summed E-state index contributed by atoms with van der Waals surface area (Å²) in [7, 11) is 0. The molecule has 0 aromatic heterocycles. The number of rotatable bonds is 43. The van der Waals surface area contributed by atoms with Crippen LogP contribution in [0.5, 0.6) is 23.0 Å². The lowest BCUT2D eigenvalue weighted by Gasteiger charge is -2.26. The van der Waals surface area contributed by atoms with Crippen LogP contribution in [0.15, 0.2) is 194 Å². The van der Waals surface area contributed by atoms with Crippen LogP contribution in [-0.4, -0.2) is 38.0 Å². The van der Waals surface area contributed by atoms with E-state index in [1.54, 1.807) is 24.3 Å². The van der Waals surface area contributed by atoms with Gasteiger partial charge in [-0.2, -0.15) is 0 Å². The first-order valence-electron chi connectivity index (χ1n) is 34.4. The number of nitrogens with zero attached hydrogens (tertiary/aromatic N) is 2. The highest BCUT2D eigenvalue weighted by Crippen LogP contribution is 2.40. The zero-order valence-corrected chi connectivity index (χ0v) is 54.6. The molecule has 8 aromatic carbocycles. The van der Waals surface area contributed by atoms with E-state index in [9.17, 15) is 9.59 Å². The Hall–Kier alpha value is -8.10. The molecule has 0 aliphatic rings. The summed E-state index contributed by atoms with van der Waals surface area (Å²) in [4.78, 5) is 32.0. The Labute approximate surface area is 540 Å². The predicted octanol–water partition coefficient (Wildman–Crippen LogP) is 24.0. The summed E-state index contributed by atoms with van der Waals surface area (Å²) in [6, 6.07) is 65.0. The SMILES string of the molecule is CCCCCCCCOc1ccc(N(c2ccc(OCCCCCCCC)cc2)c2ccc(-c3ccc(C(=O)C(=O)c4ccc(-c5ccc(N(c6ccc(OCCCCCCCC)cc6)c6ccc(OCCCCCCCC)cc6)cc5)cc4)cc3)cc2)cc1. The molecule has 8 nitrogen and oxygen atoms in total. The second kappa shape index (κ2) is 38.4. The summed E-state index contributed by atoms with van der Waals surface area (Å²) in [6.07, 6.45) is 29.4. The summed E-state index contributed by atoms with van der Waals surface area (Å²) in [5.41, 5.74) is 10.6. The van der Waals surface area contributed by atoms with E-state index in [2.05, 4.69) is 183 Å². The lowest BCUT2D eigenvalue weighted by molar-refractivity contribution is 0.0817. The van der Waals surface area contributed by atoms with Crippen LogP contribution in [0.4, 0.5) is 34.1 Å². The molecule has 0 amide bonds. The van der Waals surface area contributed by atoms with Gasteiger partial charge in [-0.1, -0.05) is 229 Å². The van der Waals surface area contributed by atoms with Crippen molar-refractivity contribution in [3.05, 3.63) is 205 Å². The van der Waals surface area contributed by atoms with Gasteiger partial charge in [0.2, 0.25) is 11.6 Å². The molecule has 0 spiro atoms. The smallest absolute Gasteiger partial charge is 0.233 e. The quantitative estimate of drug-likeness (QED) is 0.0213. The third-order valence-corrected chi connectivity index (χ3v) is 16.9. The van der Waals surface area contributed by atoms with Crippen molar-refractivity contribution < 1.29 is 28.5 Å². The van der Waals surface area contributed by atoms with E-state index in [4.69, 9.17) is 18.9 Å². The van der Waals surface area contributed by atoms with Crippen molar-refractivity contribution in [1.82, 2.24) is 0 Å². The van der Waals surface area contributed by atoms with Crippen LogP contribution in [0.25, 0.3) is 22.3 Å². The minimum atomic E-state index is -0.544. The van der Waals surface area contributed by atoms with Crippen LogP contribution < -0.4 is 28.7 Å². The second-order valence-electron chi connectivity index (χ2n) is 24.0. The zero-order chi connectivity index (χ0) is 62.8. The molecule has 0 saturated carbocycles. The molecule has 0 unspecified atom stereocenters. The van der Waals surface area contributed by atoms with Crippen LogP contribution in [0.3, 0.4) is 0 Å². The minimum absolute atomic E-state index is 0.347. The van der Waals surface area contributed by atoms with E-state index in [1.165, 1.54) is 128 Å². The number of carbonyl (C=O) groups is 2. The molecule has 0 saturated heterocycles. The summed E-state index contributed by atoms with van der Waals surface area (Å²) >= 11 is 0. The maximum atomic E-state index is 13.8. The van der Waals surface area contributed by atoms with E-state index >= 15 is 0 Å². The molecule has 0 bridgehead atoms. The number of hydrogen-bond acceptors (Lipinski definition) is 8. The van der Waals surface area contributed by atoms with Gasteiger partial charge in [0.05, 0.1) is 26.4 Å². The van der Waals surface area contributed by atoms with Gasteiger partial charge < -0.3 is 28.7 Å². The van der Waals surface area contributed by atoms with Gasteiger partial charge in [-0.25, -0.2) is 0 Å². The number of unbranched alkanes of at least 4 members (excludes halogenated alkanes) is 20. The molecule has 0 aliphatic carbocycles. The molecule has 90 heavy (non-hydrogen) atoms. The number of hydrogen-bond donors (Lipinski definition) is 0. The van der Waals surface area contributed by atoms with E-state index < -0.39 is 11.6 Å². The lowest BCUT2D eigenvalue weighted by atomic mass is 9.97. The average molecular weight is 1210 g/mol. The molecule has 0 fully saturated rings. The number of carbonyl (C=O) groups excluding carboxylic acids is 2. The molecule has 0 N–H and O–H groups in total. The van der Waals surface area contributed by atoms with Gasteiger partial charge in [-0.15, -0.1) is 0 Å². The van der Waals surface area contributed by atoms with E-state index in [0.29, 0.717) is 37.6 Å². The Morgan fingerprint density at radius 2 is 0.411 bits per heavy atom. The predicted molar refractivity (Wildman–Crippen MR) is 377 cm³/mol. The fraction of sp³-hybridized carbons (Fsp3) is 0.390. The number of ether oxygens (including phenoxy) is 4. The van der Waals surface area contributed by atoms with Crippen LogP contribution >= 0.6 is 0 Å². The summed E-state index contributed by atoms with van der Waals surface area (Å²) in [5.74, 6) is 2.39. The fourth-order valence-corrected chi connectivity index (χ4v) is 11.4. The van der Waals surface area contributed by atoms with Gasteiger partial charge in [0, 0.05) is 45.3 Å². The Kier molecular flexibility index (Phi) is 29.0. The summed E-state index contributed by atoms with van der Waals surface area (Å²) in [6.45, 7) is 11.9. The van der Waals surface area contributed by atoms with Crippen molar-refractivity contribution in [1.29, 1.82) is 0 Å². The minimum Gasteiger partial charge on any atom is -0.494 e. The first-order valence-corrected chi connectivity index (χ1v) is 34.4. The third-order valence-electron chi connectivity index (χ3n) is 16.9. The Balaban J connectivity index is 0.904. The monoisotopic (exact) mass is 1210 g/mol. The normalized spacial score (nSPS) is 11.1. The van der Waals surface area contributed by atoms with Crippen molar-refractivity contribution in [2.24, 2.45) is 0 Å². The van der Waals surface area contributed by atoms with Crippen molar-refractivity contribution in [3.8, 4) is 45.3 Å². The Morgan fingerprint density at radius 1 is 0.233 bits per heavy atom. The first kappa shape index (κ1) is 67.8. The highest BCUT2D eigenvalue weighted by atomic mass is 16.5. The lowest BCUT2D eigenvalue weighted by Crippen LogP contribution is -2.14. The number of anilines is 6. The molecule has 8 rings (SSSR count). The molecule has 0 radical (unpaired) electrons. The molecule has 8 aromatic rings. The van der Waals surface area contributed by atoms with Crippen LogP contribution in [-0.2, 0) is 0 Å². The Bertz CT molecular complexity index is 2920. The van der Waals surface area contributed by atoms with Gasteiger partial charge >= 0.3 is 0 Å². The van der Waals surface area contributed by atoms with Gasteiger partial charge in [0.1, 0.15) is 23.0 Å². The maximum absolute atomic E-state index is 13.8. The van der Waals surface area contributed by atoms with Crippen molar-refractivity contribution >= 4 is 45.7 Å². The van der Waals surface area contributed by atoms with E-state index in [1.807, 2.05) is 24.3 Å². The van der Waals surface area contributed by atoms with Crippen LogP contribution in [0.2, 0.25) is 0 Å². The molecular formula is C82H100N2O6. The van der Waals surface area contributed by atoms with Gasteiger partial charge in [0.25, 0.3) is 0 Å². The van der Waals surface area contributed by atoms with Crippen molar-refractivity contribution in [3.63, 3.8) is 0 Å². The molecule has 474 valence electrons. The largest absolute Gasteiger partial charge is 0.494 e. The molecule has 0 aliphatic heterocycles. The van der Waals surface area contributed by atoms with Gasteiger partial charge in [-0.3, -0.25) is 9.59 Å². The van der Waals surface area contributed by atoms with Gasteiger partial charge in [0.15, 0.2) is 0 Å².